The molecule has 0 aliphatic rings. The fourth-order valence-electron chi connectivity index (χ4n) is 4.50. The smallest absolute Gasteiger partial charge is 0.337 e. The molecule has 1 amide bonds. The Bertz CT molecular complexity index is 1610. The Labute approximate surface area is 214 Å². The van der Waals surface area contributed by atoms with Gasteiger partial charge in [0.25, 0.3) is 5.91 Å². The van der Waals surface area contributed by atoms with Gasteiger partial charge >= 0.3 is 5.97 Å². The van der Waals surface area contributed by atoms with E-state index in [1.54, 1.807) is 25.3 Å². The number of aromatic nitrogens is 2. The number of benzene rings is 3. The first-order chi connectivity index (χ1) is 18.0. The number of hydrogen-bond acceptors (Lipinski definition) is 5. The number of carbonyl (C=O) groups is 2. The van der Waals surface area contributed by atoms with Crippen LogP contribution in [0, 0.1) is 0 Å². The quantitative estimate of drug-likeness (QED) is 0.302. The van der Waals surface area contributed by atoms with Crippen LogP contribution in [0.4, 0.5) is 0 Å². The molecule has 5 rings (SSSR count). The van der Waals surface area contributed by atoms with E-state index >= 15 is 0 Å². The number of para-hydroxylation sites is 1. The van der Waals surface area contributed by atoms with Gasteiger partial charge in [0.1, 0.15) is 5.75 Å². The summed E-state index contributed by atoms with van der Waals surface area (Å²) in [7, 11) is 2.93. The zero-order valence-corrected chi connectivity index (χ0v) is 20.9. The molecule has 1 N–H and O–H groups in total. The first-order valence-electron chi connectivity index (χ1n) is 12.0. The number of ether oxygens (including phenoxy) is 2. The van der Waals surface area contributed by atoms with Crippen molar-refractivity contribution < 1.29 is 19.1 Å². The molecule has 5 aromatic rings. The Balaban J connectivity index is 1.45. The highest BCUT2D eigenvalue weighted by atomic mass is 16.5. The van der Waals surface area contributed by atoms with Crippen LogP contribution in [0.15, 0.2) is 85.1 Å². The fraction of sp³-hybridized carbons (Fsp3) is 0.167. The van der Waals surface area contributed by atoms with E-state index < -0.39 is 5.97 Å². The minimum atomic E-state index is -0.399. The number of fused-ring (bicyclic) bond motifs is 2. The molecular weight excluding hydrogens is 466 g/mol. The van der Waals surface area contributed by atoms with Gasteiger partial charge in [-0.15, -0.1) is 0 Å². The van der Waals surface area contributed by atoms with E-state index in [-0.39, 0.29) is 11.9 Å². The van der Waals surface area contributed by atoms with Crippen molar-refractivity contribution in [2.24, 2.45) is 0 Å². The van der Waals surface area contributed by atoms with Gasteiger partial charge < -0.3 is 19.4 Å². The van der Waals surface area contributed by atoms with Gasteiger partial charge in [-0.1, -0.05) is 36.4 Å². The zero-order valence-electron chi connectivity index (χ0n) is 20.9. The number of carbonyl (C=O) groups excluding carboxylic acids is 2. The maximum Gasteiger partial charge on any atom is 0.337 e. The summed E-state index contributed by atoms with van der Waals surface area (Å²) in [5.74, 6) is -0.0159. The molecule has 0 spiro atoms. The number of amides is 1. The van der Waals surface area contributed by atoms with Crippen molar-refractivity contribution in [2.45, 2.75) is 19.5 Å². The maximum atomic E-state index is 13.5. The Kier molecular flexibility index (Phi) is 6.60. The summed E-state index contributed by atoms with van der Waals surface area (Å²) >= 11 is 0. The second kappa shape index (κ2) is 10.1. The van der Waals surface area contributed by atoms with E-state index in [0.29, 0.717) is 23.4 Å². The van der Waals surface area contributed by atoms with Crippen LogP contribution in [0.2, 0.25) is 0 Å². The van der Waals surface area contributed by atoms with Crippen molar-refractivity contribution >= 4 is 33.7 Å². The van der Waals surface area contributed by atoms with Crippen LogP contribution in [0.1, 0.15) is 44.9 Å². The molecule has 0 aliphatic carbocycles. The van der Waals surface area contributed by atoms with Crippen LogP contribution in [-0.4, -0.2) is 35.6 Å². The topological polar surface area (TPSA) is 82.5 Å². The number of pyridine rings is 1. The maximum absolute atomic E-state index is 13.5. The van der Waals surface area contributed by atoms with Crippen molar-refractivity contribution in [1.82, 2.24) is 14.9 Å². The number of rotatable bonds is 7. The summed E-state index contributed by atoms with van der Waals surface area (Å²) in [5.41, 5.74) is 4.48. The molecular formula is C30H27N3O4. The van der Waals surface area contributed by atoms with Gasteiger partial charge in [-0.25, -0.2) is 4.79 Å². The normalized spacial score (nSPS) is 11.9. The third kappa shape index (κ3) is 4.89. The molecule has 0 bridgehead atoms. The lowest BCUT2D eigenvalue weighted by atomic mass is 10.0. The predicted octanol–water partition coefficient (Wildman–Crippen LogP) is 5.52. The standard InChI is InChI=1S/C30H27N3O4/c1-19(20-8-10-22(11-9-20)30(35)37-3)31-29(34)26-17-25(36-2)16-23-14-15-33(28(23)26)18-24-13-12-21-6-4-5-7-27(21)32-24/h4-17,19H,18H2,1-3H3,(H,31,34)/t19-/m0/s1. The van der Waals surface area contributed by atoms with E-state index in [4.69, 9.17) is 14.5 Å². The van der Waals surface area contributed by atoms with Gasteiger partial charge in [-0.2, -0.15) is 0 Å². The molecule has 2 aromatic heterocycles. The molecule has 0 radical (unpaired) electrons. The summed E-state index contributed by atoms with van der Waals surface area (Å²) in [4.78, 5) is 30.1. The SMILES string of the molecule is COC(=O)c1ccc([C@H](C)NC(=O)c2cc(OC)cc3ccn(Cc4ccc5ccccc5n4)c23)cc1. The van der Waals surface area contributed by atoms with Gasteiger partial charge in [0, 0.05) is 17.0 Å². The van der Waals surface area contributed by atoms with E-state index in [0.717, 1.165) is 33.1 Å². The summed E-state index contributed by atoms with van der Waals surface area (Å²) < 4.78 is 12.3. The zero-order chi connectivity index (χ0) is 25.9. The van der Waals surface area contributed by atoms with Crippen LogP contribution in [0.5, 0.6) is 5.75 Å². The Morgan fingerprint density at radius 3 is 2.49 bits per heavy atom. The average molecular weight is 494 g/mol. The fourth-order valence-corrected chi connectivity index (χ4v) is 4.50. The highest BCUT2D eigenvalue weighted by Crippen LogP contribution is 2.28. The third-order valence-corrected chi connectivity index (χ3v) is 6.48. The van der Waals surface area contributed by atoms with Crippen LogP contribution >= 0.6 is 0 Å². The summed E-state index contributed by atoms with van der Waals surface area (Å²) in [6.45, 7) is 2.42. The first-order valence-corrected chi connectivity index (χ1v) is 12.0. The van der Waals surface area contributed by atoms with Crippen LogP contribution in [0.3, 0.4) is 0 Å². The number of hydrogen-bond donors (Lipinski definition) is 1. The molecule has 2 heterocycles. The van der Waals surface area contributed by atoms with Crippen molar-refractivity contribution in [2.75, 3.05) is 14.2 Å². The number of esters is 1. The Hall–Kier alpha value is -4.65. The highest BCUT2D eigenvalue weighted by molar-refractivity contribution is 6.07. The molecule has 0 saturated carbocycles. The average Bonchev–Trinajstić information content (AvgIpc) is 3.34. The Morgan fingerprint density at radius 2 is 1.73 bits per heavy atom. The number of nitrogens with zero attached hydrogens (tertiary/aromatic N) is 2. The lowest BCUT2D eigenvalue weighted by molar-refractivity contribution is 0.0600. The van der Waals surface area contributed by atoms with Gasteiger partial charge in [0.2, 0.25) is 0 Å². The molecule has 3 aromatic carbocycles. The monoisotopic (exact) mass is 493 g/mol. The Morgan fingerprint density at radius 1 is 0.946 bits per heavy atom. The molecule has 37 heavy (non-hydrogen) atoms. The van der Waals surface area contributed by atoms with Gasteiger partial charge in [-0.05, 0) is 55.0 Å². The first kappa shape index (κ1) is 24.1. The second-order valence-corrected chi connectivity index (χ2v) is 8.86. The summed E-state index contributed by atoms with van der Waals surface area (Å²) in [5, 5.41) is 5.07. The number of nitrogens with one attached hydrogen (secondary N) is 1. The van der Waals surface area contributed by atoms with E-state index in [9.17, 15) is 9.59 Å². The molecule has 1 atom stereocenters. The third-order valence-electron chi connectivity index (χ3n) is 6.48. The van der Waals surface area contributed by atoms with E-state index in [1.807, 2.05) is 72.3 Å². The van der Waals surface area contributed by atoms with E-state index in [2.05, 4.69) is 11.4 Å². The van der Waals surface area contributed by atoms with E-state index in [1.165, 1.54) is 7.11 Å². The van der Waals surface area contributed by atoms with Crippen molar-refractivity contribution in [3.8, 4) is 5.75 Å². The number of methoxy groups -OCH3 is 2. The largest absolute Gasteiger partial charge is 0.497 e. The summed E-state index contributed by atoms with van der Waals surface area (Å²) in [6.07, 6.45) is 1.97. The second-order valence-electron chi connectivity index (χ2n) is 8.86. The molecule has 0 unspecified atom stereocenters. The van der Waals surface area contributed by atoms with Crippen molar-refractivity contribution in [3.05, 3.63) is 107 Å². The molecule has 7 nitrogen and oxygen atoms in total. The van der Waals surface area contributed by atoms with Crippen LogP contribution in [0.25, 0.3) is 21.8 Å². The molecule has 0 aliphatic heterocycles. The van der Waals surface area contributed by atoms with Crippen molar-refractivity contribution in [1.29, 1.82) is 0 Å². The minimum absolute atomic E-state index is 0.222. The van der Waals surface area contributed by atoms with Gasteiger partial charge in [0.05, 0.1) is 54.7 Å². The molecule has 0 saturated heterocycles. The van der Waals surface area contributed by atoms with Gasteiger partial charge in [-0.3, -0.25) is 9.78 Å². The molecule has 7 heteroatoms. The predicted molar refractivity (Wildman–Crippen MR) is 143 cm³/mol. The van der Waals surface area contributed by atoms with Gasteiger partial charge in [0.15, 0.2) is 0 Å². The lowest BCUT2D eigenvalue weighted by Gasteiger charge is -2.17. The van der Waals surface area contributed by atoms with Crippen LogP contribution in [-0.2, 0) is 11.3 Å². The molecule has 186 valence electrons. The van der Waals surface area contributed by atoms with Crippen LogP contribution < -0.4 is 10.1 Å². The lowest BCUT2D eigenvalue weighted by Crippen LogP contribution is -2.27. The summed E-state index contributed by atoms with van der Waals surface area (Å²) in [6, 6.07) is 24.5. The highest BCUT2D eigenvalue weighted by Gasteiger charge is 2.19. The van der Waals surface area contributed by atoms with Crippen molar-refractivity contribution in [3.63, 3.8) is 0 Å². The minimum Gasteiger partial charge on any atom is -0.497 e. The molecule has 0 fully saturated rings.